The topological polar surface area (TPSA) is 29.5 Å². The Labute approximate surface area is 105 Å². The van der Waals surface area contributed by atoms with Crippen LogP contribution in [0.3, 0.4) is 0 Å². The van der Waals surface area contributed by atoms with Crippen molar-refractivity contribution >= 4 is 0 Å². The first-order chi connectivity index (χ1) is 7.77. The molecule has 0 radical (unpaired) electrons. The first kappa shape index (κ1) is 14.0. The fraction of sp³-hybridized carbons (Fsp3) is 0.600. The van der Waals surface area contributed by atoms with Gasteiger partial charge >= 0.3 is 0 Å². The molecule has 17 heavy (non-hydrogen) atoms. The summed E-state index contributed by atoms with van der Waals surface area (Å²) < 4.78 is 5.32. The Balaban J connectivity index is 3.25. The predicted molar refractivity (Wildman–Crippen MR) is 71.5 cm³/mol. The second-order valence-electron chi connectivity index (χ2n) is 5.90. The molecule has 0 bridgehead atoms. The lowest BCUT2D eigenvalue weighted by Gasteiger charge is -2.24. The number of hydrogen-bond acceptors (Lipinski definition) is 2. The molecule has 96 valence electrons. The molecule has 0 saturated carbocycles. The van der Waals surface area contributed by atoms with Crippen molar-refractivity contribution in [1.82, 2.24) is 0 Å². The zero-order valence-electron chi connectivity index (χ0n) is 11.7. The molecule has 2 nitrogen and oxygen atoms in total. The van der Waals surface area contributed by atoms with Crippen LogP contribution < -0.4 is 4.74 Å². The van der Waals surface area contributed by atoms with Gasteiger partial charge in [0.15, 0.2) is 0 Å². The minimum Gasteiger partial charge on any atom is -0.496 e. The fourth-order valence-corrected chi connectivity index (χ4v) is 1.79. The van der Waals surface area contributed by atoms with Crippen molar-refractivity contribution < 1.29 is 9.84 Å². The molecular formula is C15H24O2. The molecule has 1 N–H and O–H groups in total. The Morgan fingerprint density at radius 1 is 1.18 bits per heavy atom. The van der Waals surface area contributed by atoms with Crippen LogP contribution in [0.5, 0.6) is 5.75 Å². The second kappa shape index (κ2) is 5.09. The number of benzene rings is 1. The molecule has 1 atom stereocenters. The van der Waals surface area contributed by atoms with Crippen LogP contribution in [0.2, 0.25) is 0 Å². The van der Waals surface area contributed by atoms with Gasteiger partial charge in [0.1, 0.15) is 5.75 Å². The van der Waals surface area contributed by atoms with Crippen LogP contribution in [0.1, 0.15) is 51.8 Å². The van der Waals surface area contributed by atoms with Crippen LogP contribution in [0, 0.1) is 5.92 Å². The van der Waals surface area contributed by atoms with Gasteiger partial charge in [-0.25, -0.2) is 0 Å². The van der Waals surface area contributed by atoms with Gasteiger partial charge in [-0.3, -0.25) is 0 Å². The van der Waals surface area contributed by atoms with E-state index in [9.17, 15) is 5.11 Å². The highest BCUT2D eigenvalue weighted by Crippen LogP contribution is 2.34. The third kappa shape index (κ3) is 3.22. The van der Waals surface area contributed by atoms with E-state index in [2.05, 4.69) is 32.9 Å². The summed E-state index contributed by atoms with van der Waals surface area (Å²) in [6, 6.07) is 6.07. The van der Waals surface area contributed by atoms with E-state index in [0.29, 0.717) is 0 Å². The summed E-state index contributed by atoms with van der Waals surface area (Å²) in [6.07, 6.45) is -0.479. The van der Waals surface area contributed by atoms with Crippen molar-refractivity contribution in [3.05, 3.63) is 29.3 Å². The molecule has 0 fully saturated rings. The molecule has 0 aliphatic rings. The number of methoxy groups -OCH3 is 1. The molecule has 0 amide bonds. The van der Waals surface area contributed by atoms with Crippen LogP contribution in [0.15, 0.2) is 18.2 Å². The largest absolute Gasteiger partial charge is 0.496 e. The van der Waals surface area contributed by atoms with Gasteiger partial charge in [0.25, 0.3) is 0 Å². The molecule has 1 unspecified atom stereocenters. The van der Waals surface area contributed by atoms with Gasteiger partial charge in [-0.2, -0.15) is 0 Å². The molecule has 1 aromatic carbocycles. The fourth-order valence-electron chi connectivity index (χ4n) is 1.79. The normalized spacial score (nSPS) is 13.9. The Morgan fingerprint density at radius 3 is 2.18 bits per heavy atom. The summed E-state index contributed by atoms with van der Waals surface area (Å²) >= 11 is 0. The summed E-state index contributed by atoms with van der Waals surface area (Å²) in [5, 5.41) is 10.2. The standard InChI is InChI=1S/C15H24O2/c1-10(2)14(16)12-9-11(15(3,4)5)7-8-13(12)17-6/h7-10,14,16H,1-6H3. The molecule has 0 aromatic heterocycles. The van der Waals surface area contributed by atoms with E-state index in [1.807, 2.05) is 19.9 Å². The molecule has 0 saturated heterocycles. The molecule has 1 aromatic rings. The zero-order chi connectivity index (χ0) is 13.2. The Kier molecular flexibility index (Phi) is 4.21. The van der Waals surface area contributed by atoms with Crippen molar-refractivity contribution in [3.63, 3.8) is 0 Å². The molecule has 2 heteroatoms. The number of rotatable bonds is 3. The van der Waals surface area contributed by atoms with E-state index >= 15 is 0 Å². The molecule has 0 aliphatic heterocycles. The predicted octanol–water partition coefficient (Wildman–Crippen LogP) is 3.68. The van der Waals surface area contributed by atoms with Crippen LogP contribution in [0.25, 0.3) is 0 Å². The Hall–Kier alpha value is -1.02. The monoisotopic (exact) mass is 236 g/mol. The molecule has 0 heterocycles. The lowest BCUT2D eigenvalue weighted by atomic mass is 9.84. The van der Waals surface area contributed by atoms with Crippen LogP contribution in [-0.4, -0.2) is 12.2 Å². The van der Waals surface area contributed by atoms with E-state index < -0.39 is 6.10 Å². The maximum absolute atomic E-state index is 10.2. The van der Waals surface area contributed by atoms with E-state index in [1.54, 1.807) is 7.11 Å². The Bertz CT molecular complexity index is 375. The smallest absolute Gasteiger partial charge is 0.124 e. The van der Waals surface area contributed by atoms with Gasteiger partial charge in [-0.15, -0.1) is 0 Å². The van der Waals surface area contributed by atoms with E-state index in [-0.39, 0.29) is 11.3 Å². The maximum Gasteiger partial charge on any atom is 0.124 e. The second-order valence-corrected chi connectivity index (χ2v) is 5.90. The number of aliphatic hydroxyl groups is 1. The van der Waals surface area contributed by atoms with E-state index in [0.717, 1.165) is 11.3 Å². The molecule has 0 spiro atoms. The van der Waals surface area contributed by atoms with E-state index in [4.69, 9.17) is 4.74 Å². The van der Waals surface area contributed by atoms with Gasteiger partial charge in [0, 0.05) is 5.56 Å². The van der Waals surface area contributed by atoms with Crippen molar-refractivity contribution in [2.45, 2.75) is 46.1 Å². The van der Waals surface area contributed by atoms with Crippen molar-refractivity contribution in [2.24, 2.45) is 5.92 Å². The average Bonchev–Trinajstić information content (AvgIpc) is 2.25. The molecule has 0 aliphatic carbocycles. The minimum atomic E-state index is -0.479. The third-order valence-electron chi connectivity index (χ3n) is 3.05. The number of hydrogen-bond donors (Lipinski definition) is 1. The first-order valence-electron chi connectivity index (χ1n) is 6.14. The summed E-state index contributed by atoms with van der Waals surface area (Å²) in [6.45, 7) is 10.5. The Morgan fingerprint density at radius 2 is 1.76 bits per heavy atom. The zero-order valence-corrected chi connectivity index (χ0v) is 11.7. The lowest BCUT2D eigenvalue weighted by Crippen LogP contribution is -2.14. The van der Waals surface area contributed by atoms with Gasteiger partial charge in [-0.05, 0) is 29.0 Å². The molecular weight excluding hydrogens is 212 g/mol. The molecule has 1 rings (SSSR count). The van der Waals surface area contributed by atoms with Crippen LogP contribution >= 0.6 is 0 Å². The lowest BCUT2D eigenvalue weighted by molar-refractivity contribution is 0.123. The van der Waals surface area contributed by atoms with Crippen molar-refractivity contribution in [1.29, 1.82) is 0 Å². The first-order valence-corrected chi connectivity index (χ1v) is 6.14. The minimum absolute atomic E-state index is 0.0811. The van der Waals surface area contributed by atoms with Crippen LogP contribution in [-0.2, 0) is 5.41 Å². The highest BCUT2D eigenvalue weighted by atomic mass is 16.5. The van der Waals surface area contributed by atoms with Crippen molar-refractivity contribution in [2.75, 3.05) is 7.11 Å². The SMILES string of the molecule is COc1ccc(C(C)(C)C)cc1C(O)C(C)C. The number of aliphatic hydroxyl groups excluding tert-OH is 1. The summed E-state index contributed by atoms with van der Waals surface area (Å²) in [5.41, 5.74) is 2.18. The quantitative estimate of drug-likeness (QED) is 0.867. The third-order valence-corrected chi connectivity index (χ3v) is 3.05. The number of ether oxygens (including phenoxy) is 1. The maximum atomic E-state index is 10.2. The van der Waals surface area contributed by atoms with Crippen LogP contribution in [0.4, 0.5) is 0 Å². The van der Waals surface area contributed by atoms with Gasteiger partial charge in [0.2, 0.25) is 0 Å². The summed E-state index contributed by atoms with van der Waals surface area (Å²) in [7, 11) is 1.64. The van der Waals surface area contributed by atoms with E-state index in [1.165, 1.54) is 5.56 Å². The van der Waals surface area contributed by atoms with Gasteiger partial charge < -0.3 is 9.84 Å². The van der Waals surface area contributed by atoms with Gasteiger partial charge in [-0.1, -0.05) is 40.7 Å². The highest BCUT2D eigenvalue weighted by Gasteiger charge is 2.21. The highest BCUT2D eigenvalue weighted by molar-refractivity contribution is 5.41. The van der Waals surface area contributed by atoms with Crippen molar-refractivity contribution in [3.8, 4) is 5.75 Å². The average molecular weight is 236 g/mol. The summed E-state index contributed by atoms with van der Waals surface area (Å²) in [5.74, 6) is 0.943. The summed E-state index contributed by atoms with van der Waals surface area (Å²) in [4.78, 5) is 0. The van der Waals surface area contributed by atoms with Gasteiger partial charge in [0.05, 0.1) is 13.2 Å².